The number of aromatic nitrogens is 1. The summed E-state index contributed by atoms with van der Waals surface area (Å²) in [7, 11) is 0. The Morgan fingerprint density at radius 2 is 2.22 bits per heavy atom. The molecular formula is C14H16N2S2. The number of rotatable bonds is 3. The predicted molar refractivity (Wildman–Crippen MR) is 78.9 cm³/mol. The van der Waals surface area contributed by atoms with Gasteiger partial charge in [0.2, 0.25) is 0 Å². The van der Waals surface area contributed by atoms with Crippen molar-refractivity contribution in [2.75, 3.05) is 0 Å². The van der Waals surface area contributed by atoms with E-state index in [0.29, 0.717) is 0 Å². The molecule has 2 aromatic rings. The minimum atomic E-state index is 0.0998. The minimum Gasteiger partial charge on any atom is -0.322 e. The third kappa shape index (κ3) is 2.09. The van der Waals surface area contributed by atoms with Gasteiger partial charge >= 0.3 is 0 Å². The average molecular weight is 276 g/mol. The first-order chi connectivity index (χ1) is 8.79. The zero-order valence-electron chi connectivity index (χ0n) is 10.3. The van der Waals surface area contributed by atoms with E-state index in [2.05, 4.69) is 31.2 Å². The van der Waals surface area contributed by atoms with Gasteiger partial charge in [-0.1, -0.05) is 31.5 Å². The fourth-order valence-corrected chi connectivity index (χ4v) is 4.44. The average Bonchev–Trinajstić information content (AvgIpc) is 2.83. The van der Waals surface area contributed by atoms with Crippen molar-refractivity contribution in [1.29, 1.82) is 0 Å². The van der Waals surface area contributed by atoms with Crippen LogP contribution in [0.5, 0.6) is 0 Å². The van der Waals surface area contributed by atoms with Crippen molar-refractivity contribution in [3.05, 3.63) is 34.2 Å². The van der Waals surface area contributed by atoms with Crippen LogP contribution in [-0.4, -0.2) is 4.98 Å². The van der Waals surface area contributed by atoms with Crippen molar-refractivity contribution in [3.63, 3.8) is 0 Å². The summed E-state index contributed by atoms with van der Waals surface area (Å²) in [5.74, 6) is 1.03. The number of benzene rings is 1. The number of hydrogen-bond acceptors (Lipinski definition) is 4. The largest absolute Gasteiger partial charge is 0.322 e. The molecule has 2 heterocycles. The lowest BCUT2D eigenvalue weighted by atomic mass is 10.1. The molecule has 0 spiro atoms. The van der Waals surface area contributed by atoms with E-state index >= 15 is 0 Å². The van der Waals surface area contributed by atoms with Gasteiger partial charge in [0.25, 0.3) is 0 Å². The first kappa shape index (κ1) is 12.2. The molecule has 94 valence electrons. The molecule has 0 radical (unpaired) electrons. The molecule has 0 saturated heterocycles. The lowest BCUT2D eigenvalue weighted by Crippen LogP contribution is -2.09. The van der Waals surface area contributed by atoms with Gasteiger partial charge in [-0.2, -0.15) is 0 Å². The van der Waals surface area contributed by atoms with E-state index in [-0.39, 0.29) is 6.04 Å². The van der Waals surface area contributed by atoms with Crippen LogP contribution in [0.1, 0.15) is 35.7 Å². The van der Waals surface area contributed by atoms with Crippen LogP contribution in [0.3, 0.4) is 0 Å². The summed E-state index contributed by atoms with van der Waals surface area (Å²) < 4.78 is 0. The number of nitrogens with zero attached hydrogens (tertiary/aromatic N) is 1. The number of nitrogens with two attached hydrogens (primary N) is 1. The Bertz CT molecular complexity index is 563. The third-order valence-corrected chi connectivity index (χ3v) is 5.60. The van der Waals surface area contributed by atoms with Crippen LogP contribution in [0.15, 0.2) is 29.2 Å². The zero-order valence-corrected chi connectivity index (χ0v) is 12.0. The summed E-state index contributed by atoms with van der Waals surface area (Å²) in [6, 6.07) is 8.61. The molecule has 0 aliphatic carbocycles. The second-order valence-electron chi connectivity index (χ2n) is 4.50. The standard InChI is InChI=1S/C14H16N2S2/c1-2-5-10(15)14-16-13-9-6-3-4-7-11(9)17-8-12(13)18-14/h3-4,6-7,10H,2,5,8,15H2,1H3. The molecular weight excluding hydrogens is 260 g/mol. The molecule has 0 fully saturated rings. The van der Waals surface area contributed by atoms with Gasteiger partial charge in [0.1, 0.15) is 5.01 Å². The van der Waals surface area contributed by atoms with Crippen LogP contribution < -0.4 is 5.73 Å². The summed E-state index contributed by atoms with van der Waals surface area (Å²) in [5, 5.41) is 1.10. The molecule has 1 aliphatic heterocycles. The number of fused-ring (bicyclic) bond motifs is 3. The van der Waals surface area contributed by atoms with E-state index in [1.807, 2.05) is 11.8 Å². The highest BCUT2D eigenvalue weighted by molar-refractivity contribution is 7.98. The van der Waals surface area contributed by atoms with Gasteiger partial charge in [0, 0.05) is 21.1 Å². The van der Waals surface area contributed by atoms with E-state index in [0.717, 1.165) is 29.3 Å². The molecule has 18 heavy (non-hydrogen) atoms. The highest BCUT2D eigenvalue weighted by Crippen LogP contribution is 2.44. The van der Waals surface area contributed by atoms with Gasteiger partial charge in [-0.3, -0.25) is 0 Å². The molecule has 0 amide bonds. The van der Waals surface area contributed by atoms with Crippen molar-refractivity contribution in [3.8, 4) is 11.3 Å². The smallest absolute Gasteiger partial charge is 0.110 e. The van der Waals surface area contributed by atoms with Crippen molar-refractivity contribution in [1.82, 2.24) is 4.98 Å². The van der Waals surface area contributed by atoms with Crippen molar-refractivity contribution >= 4 is 23.1 Å². The molecule has 3 rings (SSSR count). The van der Waals surface area contributed by atoms with Crippen molar-refractivity contribution in [2.45, 2.75) is 36.5 Å². The SMILES string of the molecule is CCCC(N)c1nc2c(s1)CSc1ccccc1-2. The molecule has 1 aromatic heterocycles. The van der Waals surface area contributed by atoms with Crippen LogP contribution in [0.2, 0.25) is 0 Å². The fraction of sp³-hybridized carbons (Fsp3) is 0.357. The van der Waals surface area contributed by atoms with Gasteiger partial charge in [-0.05, 0) is 12.5 Å². The van der Waals surface area contributed by atoms with E-state index in [1.165, 1.54) is 15.3 Å². The number of thiazole rings is 1. The maximum absolute atomic E-state index is 6.18. The van der Waals surface area contributed by atoms with Crippen LogP contribution >= 0.6 is 23.1 Å². The Balaban J connectivity index is 2.01. The Labute approximate surface area is 116 Å². The van der Waals surface area contributed by atoms with E-state index in [1.54, 1.807) is 11.3 Å². The highest BCUT2D eigenvalue weighted by Gasteiger charge is 2.22. The summed E-state index contributed by atoms with van der Waals surface area (Å²) in [4.78, 5) is 7.50. The van der Waals surface area contributed by atoms with Crippen molar-refractivity contribution in [2.24, 2.45) is 5.73 Å². The Hall–Kier alpha value is -0.840. The molecule has 2 N–H and O–H groups in total. The third-order valence-electron chi connectivity index (χ3n) is 3.13. The molecule has 4 heteroatoms. The van der Waals surface area contributed by atoms with E-state index < -0.39 is 0 Å². The molecule has 1 aromatic carbocycles. The molecule has 1 unspecified atom stereocenters. The van der Waals surface area contributed by atoms with Gasteiger partial charge in [-0.25, -0.2) is 4.98 Å². The lowest BCUT2D eigenvalue weighted by molar-refractivity contribution is 0.635. The normalized spacial score (nSPS) is 15.0. The molecule has 1 atom stereocenters. The van der Waals surface area contributed by atoms with Gasteiger partial charge in [-0.15, -0.1) is 23.1 Å². The maximum Gasteiger partial charge on any atom is 0.110 e. The first-order valence-corrected chi connectivity index (χ1v) is 8.07. The first-order valence-electron chi connectivity index (χ1n) is 6.27. The van der Waals surface area contributed by atoms with Crippen LogP contribution in [0, 0.1) is 0 Å². The summed E-state index contributed by atoms with van der Waals surface area (Å²) >= 11 is 3.69. The Morgan fingerprint density at radius 3 is 3.06 bits per heavy atom. The maximum atomic E-state index is 6.18. The second kappa shape index (κ2) is 5.03. The van der Waals surface area contributed by atoms with E-state index in [9.17, 15) is 0 Å². The summed E-state index contributed by atoms with van der Waals surface area (Å²) in [6.07, 6.45) is 2.12. The van der Waals surface area contributed by atoms with Crippen LogP contribution in [-0.2, 0) is 5.75 Å². The summed E-state index contributed by atoms with van der Waals surface area (Å²) in [5.41, 5.74) is 8.61. The molecule has 1 aliphatic rings. The number of hydrogen-bond donors (Lipinski definition) is 1. The predicted octanol–water partition coefficient (Wildman–Crippen LogP) is 4.22. The quantitative estimate of drug-likeness (QED) is 0.912. The highest BCUT2D eigenvalue weighted by atomic mass is 32.2. The topological polar surface area (TPSA) is 38.9 Å². The van der Waals surface area contributed by atoms with Crippen LogP contribution in [0.25, 0.3) is 11.3 Å². The van der Waals surface area contributed by atoms with Gasteiger partial charge in [0.15, 0.2) is 0 Å². The van der Waals surface area contributed by atoms with Crippen molar-refractivity contribution < 1.29 is 0 Å². The Morgan fingerprint density at radius 1 is 1.39 bits per heavy atom. The monoisotopic (exact) mass is 276 g/mol. The number of thioether (sulfide) groups is 1. The summed E-state index contributed by atoms with van der Waals surface area (Å²) in [6.45, 7) is 2.17. The van der Waals surface area contributed by atoms with Gasteiger partial charge in [0.05, 0.1) is 11.7 Å². The van der Waals surface area contributed by atoms with Crippen LogP contribution in [0.4, 0.5) is 0 Å². The van der Waals surface area contributed by atoms with Gasteiger partial charge < -0.3 is 5.73 Å². The zero-order chi connectivity index (χ0) is 12.5. The molecule has 0 bridgehead atoms. The van der Waals surface area contributed by atoms with E-state index in [4.69, 9.17) is 10.7 Å². The second-order valence-corrected chi connectivity index (χ2v) is 6.64. The lowest BCUT2D eigenvalue weighted by Gasteiger charge is -2.13. The molecule has 2 nitrogen and oxygen atoms in total. The minimum absolute atomic E-state index is 0.0998. The Kier molecular flexibility index (Phi) is 3.41. The fourth-order valence-electron chi connectivity index (χ4n) is 2.20. The molecule has 0 saturated carbocycles.